The molecule has 0 bridgehead atoms. The summed E-state index contributed by atoms with van der Waals surface area (Å²) in [7, 11) is 0. The van der Waals surface area contributed by atoms with Crippen molar-refractivity contribution in [3.63, 3.8) is 0 Å². The Labute approximate surface area is 127 Å². The maximum Gasteiger partial charge on any atom is 0.246 e. The van der Waals surface area contributed by atoms with E-state index in [9.17, 15) is 14.7 Å². The summed E-state index contributed by atoms with van der Waals surface area (Å²) in [5.74, 6) is -0.744. The van der Waals surface area contributed by atoms with Gasteiger partial charge in [0.25, 0.3) is 0 Å². The van der Waals surface area contributed by atoms with Gasteiger partial charge in [0.1, 0.15) is 17.2 Å². The SMILES string of the molecule is CC(C)(C)ON=C(c1cc(F)ccc1O)c1cccc[n+]1[O-]. The van der Waals surface area contributed by atoms with Gasteiger partial charge in [0.2, 0.25) is 5.69 Å². The van der Waals surface area contributed by atoms with Crippen molar-refractivity contribution in [3.05, 3.63) is 64.9 Å². The Kier molecular flexibility index (Phi) is 4.30. The zero-order chi connectivity index (χ0) is 16.3. The molecule has 0 unspecified atom stereocenters. The van der Waals surface area contributed by atoms with Gasteiger partial charge < -0.3 is 15.2 Å². The fourth-order valence-electron chi connectivity index (χ4n) is 1.73. The first-order chi connectivity index (χ1) is 10.3. The van der Waals surface area contributed by atoms with Gasteiger partial charge >= 0.3 is 0 Å². The number of pyridine rings is 1. The lowest BCUT2D eigenvalue weighted by atomic mass is 10.1. The molecule has 0 atom stereocenters. The Morgan fingerprint density at radius 2 is 2.00 bits per heavy atom. The zero-order valence-corrected chi connectivity index (χ0v) is 12.6. The molecule has 2 aromatic rings. The number of hydrogen-bond acceptors (Lipinski definition) is 4. The van der Waals surface area contributed by atoms with Crippen LogP contribution >= 0.6 is 0 Å². The van der Waals surface area contributed by atoms with Crippen LogP contribution in [0.25, 0.3) is 0 Å². The lowest BCUT2D eigenvalue weighted by Gasteiger charge is -2.17. The van der Waals surface area contributed by atoms with Crippen LogP contribution in [0.2, 0.25) is 0 Å². The van der Waals surface area contributed by atoms with Crippen LogP contribution in [0, 0.1) is 11.0 Å². The van der Waals surface area contributed by atoms with Crippen molar-refractivity contribution in [2.75, 3.05) is 0 Å². The summed E-state index contributed by atoms with van der Waals surface area (Å²) in [6.07, 6.45) is 1.29. The van der Waals surface area contributed by atoms with Gasteiger partial charge in [0, 0.05) is 12.1 Å². The predicted octanol–water partition coefficient (Wildman–Crippen LogP) is 2.73. The summed E-state index contributed by atoms with van der Waals surface area (Å²) in [6.45, 7) is 5.36. The van der Waals surface area contributed by atoms with E-state index in [1.807, 2.05) is 0 Å². The molecule has 0 saturated heterocycles. The van der Waals surface area contributed by atoms with Crippen molar-refractivity contribution in [3.8, 4) is 5.75 Å². The van der Waals surface area contributed by atoms with Crippen molar-refractivity contribution in [2.45, 2.75) is 26.4 Å². The third kappa shape index (κ3) is 3.72. The highest BCUT2D eigenvalue weighted by Gasteiger charge is 2.22. The van der Waals surface area contributed by atoms with Crippen LogP contribution in [0.1, 0.15) is 32.0 Å². The highest BCUT2D eigenvalue weighted by Crippen LogP contribution is 2.22. The van der Waals surface area contributed by atoms with Gasteiger partial charge in [0.15, 0.2) is 11.9 Å². The molecule has 1 heterocycles. The van der Waals surface area contributed by atoms with E-state index in [-0.39, 0.29) is 22.7 Å². The summed E-state index contributed by atoms with van der Waals surface area (Å²) < 4.78 is 14.1. The molecule has 2 rings (SSSR count). The molecule has 0 amide bonds. The van der Waals surface area contributed by atoms with Crippen molar-refractivity contribution >= 4 is 5.71 Å². The topological polar surface area (TPSA) is 68.8 Å². The number of oxime groups is 1. The lowest BCUT2D eigenvalue weighted by Crippen LogP contribution is -2.35. The number of halogens is 1. The molecular weight excluding hydrogens is 287 g/mol. The minimum atomic E-state index is -0.601. The molecule has 5 nitrogen and oxygen atoms in total. The number of phenols is 1. The molecule has 1 N–H and O–H groups in total. The van der Waals surface area contributed by atoms with E-state index in [0.29, 0.717) is 4.73 Å². The average molecular weight is 304 g/mol. The Morgan fingerprint density at radius 1 is 1.27 bits per heavy atom. The minimum Gasteiger partial charge on any atom is -0.618 e. The van der Waals surface area contributed by atoms with Crippen LogP contribution in [0.3, 0.4) is 0 Å². The molecule has 0 aliphatic rings. The Morgan fingerprint density at radius 3 is 2.64 bits per heavy atom. The molecular formula is C16H17FN2O3. The fourth-order valence-corrected chi connectivity index (χ4v) is 1.73. The molecule has 116 valence electrons. The summed E-state index contributed by atoms with van der Waals surface area (Å²) >= 11 is 0. The molecule has 6 heteroatoms. The van der Waals surface area contributed by atoms with Crippen LogP contribution in [0.4, 0.5) is 4.39 Å². The quantitative estimate of drug-likeness (QED) is 0.410. The maximum atomic E-state index is 13.5. The number of aromatic nitrogens is 1. The molecule has 0 spiro atoms. The molecule has 1 aromatic heterocycles. The Hall–Kier alpha value is -2.63. The largest absolute Gasteiger partial charge is 0.618 e. The fraction of sp³-hybridized carbons (Fsp3) is 0.250. The van der Waals surface area contributed by atoms with Crippen LogP contribution in [-0.2, 0) is 4.84 Å². The van der Waals surface area contributed by atoms with Crippen LogP contribution in [-0.4, -0.2) is 16.4 Å². The van der Waals surface area contributed by atoms with Crippen molar-refractivity contribution in [1.29, 1.82) is 0 Å². The lowest BCUT2D eigenvalue weighted by molar-refractivity contribution is -0.606. The van der Waals surface area contributed by atoms with Gasteiger partial charge in [-0.3, -0.25) is 0 Å². The molecule has 0 radical (unpaired) electrons. The van der Waals surface area contributed by atoms with Gasteiger partial charge in [-0.2, -0.15) is 4.73 Å². The third-order valence-corrected chi connectivity index (χ3v) is 2.69. The molecule has 0 aliphatic heterocycles. The number of rotatable bonds is 3. The van der Waals surface area contributed by atoms with Crippen LogP contribution in [0.15, 0.2) is 47.8 Å². The van der Waals surface area contributed by atoms with Crippen molar-refractivity contribution in [1.82, 2.24) is 0 Å². The molecule has 0 saturated carbocycles. The maximum absolute atomic E-state index is 13.5. The first-order valence-electron chi connectivity index (χ1n) is 6.71. The summed E-state index contributed by atoms with van der Waals surface area (Å²) in [6, 6.07) is 8.15. The van der Waals surface area contributed by atoms with Crippen molar-refractivity contribution < 1.29 is 19.1 Å². The number of phenolic OH excluding ortho intramolecular Hbond substituents is 1. The zero-order valence-electron chi connectivity index (χ0n) is 12.6. The van der Waals surface area contributed by atoms with Gasteiger partial charge in [-0.1, -0.05) is 5.16 Å². The second-order valence-electron chi connectivity index (χ2n) is 5.72. The summed E-state index contributed by atoms with van der Waals surface area (Å²) in [5, 5.41) is 25.9. The van der Waals surface area contributed by atoms with Crippen LogP contribution in [0.5, 0.6) is 5.75 Å². The second-order valence-corrected chi connectivity index (χ2v) is 5.72. The highest BCUT2D eigenvalue weighted by molar-refractivity contribution is 6.12. The van der Waals surface area contributed by atoms with E-state index in [2.05, 4.69) is 5.16 Å². The van der Waals surface area contributed by atoms with E-state index in [1.54, 1.807) is 32.9 Å². The van der Waals surface area contributed by atoms with E-state index in [4.69, 9.17) is 4.84 Å². The third-order valence-electron chi connectivity index (χ3n) is 2.69. The molecule has 22 heavy (non-hydrogen) atoms. The first-order valence-corrected chi connectivity index (χ1v) is 6.71. The minimum absolute atomic E-state index is 0.0579. The summed E-state index contributed by atoms with van der Waals surface area (Å²) in [5.41, 5.74) is -0.313. The average Bonchev–Trinajstić information content (AvgIpc) is 2.43. The second kappa shape index (κ2) is 6.01. The van der Waals surface area contributed by atoms with Gasteiger partial charge in [0.05, 0.1) is 5.56 Å². The first kappa shape index (κ1) is 15.8. The molecule has 0 aliphatic carbocycles. The predicted molar refractivity (Wildman–Crippen MR) is 79.9 cm³/mol. The van der Waals surface area contributed by atoms with E-state index < -0.39 is 11.4 Å². The highest BCUT2D eigenvalue weighted by atomic mass is 19.1. The van der Waals surface area contributed by atoms with Gasteiger partial charge in [-0.15, -0.1) is 0 Å². The molecule has 1 aromatic carbocycles. The Bertz CT molecular complexity index is 709. The van der Waals surface area contributed by atoms with Gasteiger partial charge in [-0.25, -0.2) is 4.39 Å². The number of aromatic hydroxyl groups is 1. The van der Waals surface area contributed by atoms with E-state index >= 15 is 0 Å². The number of hydrogen-bond donors (Lipinski definition) is 1. The normalized spacial score (nSPS) is 12.3. The van der Waals surface area contributed by atoms with Crippen LogP contribution < -0.4 is 4.73 Å². The van der Waals surface area contributed by atoms with E-state index in [0.717, 1.165) is 12.1 Å². The number of nitrogens with zero attached hydrogens (tertiary/aromatic N) is 2. The monoisotopic (exact) mass is 304 g/mol. The Balaban J connectivity index is 2.61. The summed E-state index contributed by atoms with van der Waals surface area (Å²) in [4.78, 5) is 5.35. The van der Waals surface area contributed by atoms with Gasteiger partial charge in [-0.05, 0) is 45.0 Å². The molecule has 0 fully saturated rings. The van der Waals surface area contributed by atoms with E-state index in [1.165, 1.54) is 18.3 Å². The van der Waals surface area contributed by atoms with Crippen molar-refractivity contribution in [2.24, 2.45) is 5.16 Å². The smallest absolute Gasteiger partial charge is 0.246 e. The number of benzene rings is 1. The standard InChI is InChI=1S/C16H17FN2O3/c1-16(2,3)22-18-15(13-6-4-5-9-19(13)21)12-10-11(17)7-8-14(12)20/h4-10,20H,1-3H3.